The van der Waals surface area contributed by atoms with Gasteiger partial charge in [0, 0.05) is 7.05 Å². The van der Waals surface area contributed by atoms with Crippen molar-refractivity contribution < 1.29 is 24.9 Å². The Morgan fingerprint density at radius 2 is 1.78 bits per heavy atom. The first kappa shape index (κ1) is 14.1. The molecule has 6 heteroatoms. The van der Waals surface area contributed by atoms with Crippen LogP contribution in [0.3, 0.4) is 0 Å². The topological polar surface area (TPSA) is 107 Å². The first-order chi connectivity index (χ1) is 8.45. The molecule has 0 radical (unpaired) electrons. The van der Waals surface area contributed by atoms with Crippen LogP contribution in [0.4, 0.5) is 0 Å². The number of aliphatic carboxylic acids is 1. The van der Waals surface area contributed by atoms with Gasteiger partial charge in [0.15, 0.2) is 6.10 Å². The normalized spacial score (nSPS) is 13.7. The Labute approximate surface area is 104 Å². The van der Waals surface area contributed by atoms with Gasteiger partial charge in [0.05, 0.1) is 6.42 Å². The molecule has 1 rings (SSSR count). The Morgan fingerprint density at radius 3 is 2.22 bits per heavy atom. The third-order valence-electron chi connectivity index (χ3n) is 2.52. The van der Waals surface area contributed by atoms with Gasteiger partial charge in [0.2, 0.25) is 5.91 Å². The number of amides is 1. The molecule has 0 aliphatic carbocycles. The van der Waals surface area contributed by atoms with Crippen LogP contribution < -0.4 is 5.32 Å². The maximum Gasteiger partial charge on any atom is 0.335 e. The van der Waals surface area contributed by atoms with E-state index < -0.39 is 18.2 Å². The summed E-state index contributed by atoms with van der Waals surface area (Å²) in [5, 5.41) is 29.8. The molecular formula is C12H15NO5. The zero-order valence-corrected chi connectivity index (χ0v) is 9.83. The lowest BCUT2D eigenvalue weighted by molar-refractivity contribution is -0.153. The molecule has 98 valence electrons. The molecular weight excluding hydrogens is 238 g/mol. The molecule has 0 saturated carbocycles. The van der Waals surface area contributed by atoms with E-state index in [9.17, 15) is 19.8 Å². The van der Waals surface area contributed by atoms with Crippen LogP contribution in [0.2, 0.25) is 0 Å². The van der Waals surface area contributed by atoms with Crippen molar-refractivity contribution in [3.63, 3.8) is 0 Å². The number of aliphatic hydroxyl groups is 2. The average molecular weight is 253 g/mol. The molecule has 0 saturated heterocycles. The molecule has 0 heterocycles. The number of aliphatic hydroxyl groups excluding tert-OH is 2. The van der Waals surface area contributed by atoms with Crippen LogP contribution in [0.25, 0.3) is 0 Å². The number of carboxylic acid groups (broad SMARTS) is 1. The number of rotatable bonds is 5. The second-order valence-corrected chi connectivity index (χ2v) is 3.82. The van der Waals surface area contributed by atoms with Crippen LogP contribution in [0, 0.1) is 0 Å². The van der Waals surface area contributed by atoms with Crippen LogP contribution in [-0.2, 0) is 16.0 Å². The number of benzene rings is 1. The molecule has 2 atom stereocenters. The van der Waals surface area contributed by atoms with E-state index in [2.05, 4.69) is 5.32 Å². The summed E-state index contributed by atoms with van der Waals surface area (Å²) in [4.78, 5) is 21.6. The highest BCUT2D eigenvalue weighted by Crippen LogP contribution is 2.18. The number of carbonyl (C=O) groups excluding carboxylic acids is 1. The van der Waals surface area contributed by atoms with Crippen molar-refractivity contribution in [3.05, 3.63) is 35.4 Å². The van der Waals surface area contributed by atoms with Crippen LogP contribution >= 0.6 is 0 Å². The fourth-order valence-electron chi connectivity index (χ4n) is 1.42. The van der Waals surface area contributed by atoms with Gasteiger partial charge in [0.1, 0.15) is 6.10 Å². The van der Waals surface area contributed by atoms with Crippen molar-refractivity contribution in [3.8, 4) is 0 Å². The summed E-state index contributed by atoms with van der Waals surface area (Å²) in [7, 11) is 1.53. The first-order valence-electron chi connectivity index (χ1n) is 5.34. The van der Waals surface area contributed by atoms with E-state index in [1.165, 1.54) is 19.2 Å². The van der Waals surface area contributed by atoms with Crippen molar-refractivity contribution in [2.75, 3.05) is 7.05 Å². The standard InChI is InChI=1S/C12H15NO5/c1-13-9(14)6-7-2-4-8(5-3-7)10(15)11(16)12(17)18/h2-5,10-11,15-16H,6H2,1H3,(H,13,14)(H,17,18). The molecule has 6 nitrogen and oxygen atoms in total. The molecule has 1 aromatic carbocycles. The Kier molecular flexibility index (Phi) is 4.82. The van der Waals surface area contributed by atoms with E-state index in [4.69, 9.17) is 5.11 Å². The fraction of sp³-hybridized carbons (Fsp3) is 0.333. The van der Waals surface area contributed by atoms with Crippen molar-refractivity contribution >= 4 is 11.9 Å². The Hall–Kier alpha value is -1.92. The number of carbonyl (C=O) groups is 2. The number of hydrogen-bond donors (Lipinski definition) is 4. The Balaban J connectivity index is 2.76. The molecule has 0 aromatic heterocycles. The molecule has 2 unspecified atom stereocenters. The molecule has 18 heavy (non-hydrogen) atoms. The van der Waals surface area contributed by atoms with Crippen molar-refractivity contribution in [2.24, 2.45) is 0 Å². The van der Waals surface area contributed by atoms with Gasteiger partial charge in [0.25, 0.3) is 0 Å². The minimum atomic E-state index is -1.87. The molecule has 0 aliphatic rings. The predicted molar refractivity (Wildman–Crippen MR) is 62.8 cm³/mol. The number of nitrogens with one attached hydrogen (secondary N) is 1. The van der Waals surface area contributed by atoms with E-state index in [1.807, 2.05) is 0 Å². The van der Waals surface area contributed by atoms with E-state index in [0.29, 0.717) is 0 Å². The first-order valence-corrected chi connectivity index (χ1v) is 5.34. The number of carboxylic acids is 1. The van der Waals surface area contributed by atoms with Gasteiger partial charge in [-0.05, 0) is 11.1 Å². The van der Waals surface area contributed by atoms with Gasteiger partial charge in [-0.1, -0.05) is 24.3 Å². The summed E-state index contributed by atoms with van der Waals surface area (Å²) >= 11 is 0. The van der Waals surface area contributed by atoms with Gasteiger partial charge in [-0.2, -0.15) is 0 Å². The smallest absolute Gasteiger partial charge is 0.335 e. The monoisotopic (exact) mass is 253 g/mol. The van der Waals surface area contributed by atoms with Crippen LogP contribution in [0.15, 0.2) is 24.3 Å². The fourth-order valence-corrected chi connectivity index (χ4v) is 1.42. The lowest BCUT2D eigenvalue weighted by Gasteiger charge is -2.14. The van der Waals surface area contributed by atoms with E-state index >= 15 is 0 Å². The predicted octanol–water partition coefficient (Wildman–Crippen LogP) is -0.546. The van der Waals surface area contributed by atoms with Gasteiger partial charge in [-0.15, -0.1) is 0 Å². The highest BCUT2D eigenvalue weighted by atomic mass is 16.4. The maximum absolute atomic E-state index is 11.1. The summed E-state index contributed by atoms with van der Waals surface area (Å²) in [5.41, 5.74) is 1.01. The molecule has 0 spiro atoms. The van der Waals surface area contributed by atoms with Gasteiger partial charge in [-0.3, -0.25) is 4.79 Å². The van der Waals surface area contributed by atoms with E-state index in [0.717, 1.165) is 5.56 Å². The molecule has 0 aliphatic heterocycles. The lowest BCUT2D eigenvalue weighted by Crippen LogP contribution is -2.27. The summed E-state index contributed by atoms with van der Waals surface area (Å²) in [5.74, 6) is -1.63. The largest absolute Gasteiger partial charge is 0.479 e. The minimum absolute atomic E-state index is 0.145. The Bertz CT molecular complexity index is 429. The quantitative estimate of drug-likeness (QED) is 0.563. The molecule has 1 aromatic rings. The number of likely N-dealkylation sites (N-methyl/N-ethyl adjacent to an activating group) is 1. The van der Waals surface area contributed by atoms with Gasteiger partial charge >= 0.3 is 5.97 Å². The van der Waals surface area contributed by atoms with Crippen molar-refractivity contribution in [1.29, 1.82) is 0 Å². The van der Waals surface area contributed by atoms with E-state index in [1.54, 1.807) is 12.1 Å². The third-order valence-corrected chi connectivity index (χ3v) is 2.52. The van der Waals surface area contributed by atoms with Crippen molar-refractivity contribution in [2.45, 2.75) is 18.6 Å². The number of hydrogen-bond acceptors (Lipinski definition) is 4. The lowest BCUT2D eigenvalue weighted by atomic mass is 10.0. The van der Waals surface area contributed by atoms with Gasteiger partial charge < -0.3 is 20.6 Å². The highest BCUT2D eigenvalue weighted by molar-refractivity contribution is 5.78. The average Bonchev–Trinajstić information content (AvgIpc) is 2.37. The molecule has 4 N–H and O–H groups in total. The SMILES string of the molecule is CNC(=O)Cc1ccc(C(O)C(O)C(=O)O)cc1. The molecule has 0 fully saturated rings. The summed E-state index contributed by atoms with van der Waals surface area (Å²) in [6.07, 6.45) is -3.15. The van der Waals surface area contributed by atoms with E-state index in [-0.39, 0.29) is 17.9 Å². The summed E-state index contributed by atoms with van der Waals surface area (Å²) in [6, 6.07) is 6.16. The zero-order valence-electron chi connectivity index (χ0n) is 9.83. The Morgan fingerprint density at radius 1 is 1.22 bits per heavy atom. The van der Waals surface area contributed by atoms with Crippen LogP contribution in [0.5, 0.6) is 0 Å². The summed E-state index contributed by atoms with van der Waals surface area (Å²) < 4.78 is 0. The minimum Gasteiger partial charge on any atom is -0.479 e. The summed E-state index contributed by atoms with van der Waals surface area (Å²) in [6.45, 7) is 0. The zero-order chi connectivity index (χ0) is 13.7. The van der Waals surface area contributed by atoms with Crippen LogP contribution in [0.1, 0.15) is 17.2 Å². The third kappa shape index (κ3) is 3.54. The molecule has 0 bridgehead atoms. The molecule has 1 amide bonds. The van der Waals surface area contributed by atoms with Crippen molar-refractivity contribution in [1.82, 2.24) is 5.32 Å². The van der Waals surface area contributed by atoms with Gasteiger partial charge in [-0.25, -0.2) is 4.79 Å². The second-order valence-electron chi connectivity index (χ2n) is 3.82. The second kappa shape index (κ2) is 6.13. The maximum atomic E-state index is 11.1. The highest BCUT2D eigenvalue weighted by Gasteiger charge is 2.24. The van der Waals surface area contributed by atoms with Crippen LogP contribution in [-0.4, -0.2) is 40.3 Å².